The minimum Gasteiger partial charge on any atom is -0.394 e. The summed E-state index contributed by atoms with van der Waals surface area (Å²) in [5.74, 6) is -0.0609. The van der Waals surface area contributed by atoms with E-state index < -0.39 is 36.7 Å². The van der Waals surface area contributed by atoms with Gasteiger partial charge in [-0.1, -0.05) is 0 Å². The van der Waals surface area contributed by atoms with Crippen LogP contribution in [0, 0.1) is 0 Å². The van der Waals surface area contributed by atoms with Crippen LogP contribution in [0.1, 0.15) is 6.23 Å². The van der Waals surface area contributed by atoms with Gasteiger partial charge in [-0.25, -0.2) is 0 Å². The average molecular weight is 282 g/mol. The lowest BCUT2D eigenvalue weighted by molar-refractivity contribution is -0.0508. The standard InChI is InChI=1S/C11H14N4O5/c12-11-13-8-4(9(19)14-11)1-2-15(8)10-7(18)6(17)5(3-16)20-10/h1-2,5-7,10,16-18H,3H2,(H3,12,13,14,19)/t5-,6-,7-,10?/m1/s1. The minimum absolute atomic E-state index is 0.0609. The zero-order valence-corrected chi connectivity index (χ0v) is 10.3. The highest BCUT2D eigenvalue weighted by molar-refractivity contribution is 5.76. The Hall–Kier alpha value is -1.94. The summed E-state index contributed by atoms with van der Waals surface area (Å²) in [6.45, 7) is -0.427. The highest BCUT2D eigenvalue weighted by Crippen LogP contribution is 2.31. The van der Waals surface area contributed by atoms with Gasteiger partial charge in [0.2, 0.25) is 5.95 Å². The number of hydrogen-bond donors (Lipinski definition) is 5. The molecule has 9 nitrogen and oxygen atoms in total. The van der Waals surface area contributed by atoms with Gasteiger partial charge in [-0.05, 0) is 6.07 Å². The third kappa shape index (κ3) is 1.79. The maximum atomic E-state index is 11.7. The molecule has 2 aromatic heterocycles. The van der Waals surface area contributed by atoms with Crippen LogP contribution < -0.4 is 11.3 Å². The van der Waals surface area contributed by atoms with Crippen LogP contribution in [0.3, 0.4) is 0 Å². The van der Waals surface area contributed by atoms with Crippen LogP contribution >= 0.6 is 0 Å². The van der Waals surface area contributed by atoms with Crippen molar-refractivity contribution in [2.45, 2.75) is 24.5 Å². The van der Waals surface area contributed by atoms with Gasteiger partial charge < -0.3 is 30.4 Å². The third-order valence-corrected chi connectivity index (χ3v) is 3.39. The van der Waals surface area contributed by atoms with Crippen molar-refractivity contribution in [3.8, 4) is 0 Å². The molecule has 1 saturated heterocycles. The van der Waals surface area contributed by atoms with Gasteiger partial charge in [0.05, 0.1) is 12.0 Å². The highest BCUT2D eigenvalue weighted by Gasteiger charge is 2.43. The number of anilines is 1. The number of nitrogens with two attached hydrogens (primary N) is 1. The number of aliphatic hydroxyl groups excluding tert-OH is 3. The first-order chi connectivity index (χ1) is 9.52. The largest absolute Gasteiger partial charge is 0.394 e. The molecule has 9 heteroatoms. The fraction of sp³-hybridized carbons (Fsp3) is 0.455. The summed E-state index contributed by atoms with van der Waals surface area (Å²) in [6, 6.07) is 1.51. The van der Waals surface area contributed by atoms with Gasteiger partial charge in [-0.2, -0.15) is 4.98 Å². The van der Waals surface area contributed by atoms with Crippen LogP contribution in [-0.4, -0.2) is 54.8 Å². The van der Waals surface area contributed by atoms with Crippen molar-refractivity contribution < 1.29 is 20.1 Å². The Kier molecular flexibility index (Phi) is 2.98. The van der Waals surface area contributed by atoms with Crippen molar-refractivity contribution in [3.05, 3.63) is 22.6 Å². The number of aromatic nitrogens is 3. The molecule has 4 atom stereocenters. The number of hydrogen-bond acceptors (Lipinski definition) is 7. The predicted molar refractivity (Wildman–Crippen MR) is 67.8 cm³/mol. The molecule has 0 saturated carbocycles. The van der Waals surface area contributed by atoms with Crippen LogP contribution in [0.5, 0.6) is 0 Å². The Morgan fingerprint density at radius 1 is 1.45 bits per heavy atom. The van der Waals surface area contributed by atoms with Crippen LogP contribution in [0.25, 0.3) is 11.0 Å². The maximum Gasteiger partial charge on any atom is 0.261 e. The van der Waals surface area contributed by atoms with E-state index in [1.165, 1.54) is 16.8 Å². The van der Waals surface area contributed by atoms with Crippen molar-refractivity contribution >= 4 is 17.0 Å². The van der Waals surface area contributed by atoms with Crippen molar-refractivity contribution in [3.63, 3.8) is 0 Å². The van der Waals surface area contributed by atoms with E-state index in [1.807, 2.05) is 0 Å². The molecular weight excluding hydrogens is 268 g/mol. The normalized spacial score (nSPS) is 30.1. The smallest absolute Gasteiger partial charge is 0.261 e. The number of fused-ring (bicyclic) bond motifs is 1. The molecule has 2 aromatic rings. The Morgan fingerprint density at radius 2 is 2.20 bits per heavy atom. The van der Waals surface area contributed by atoms with Crippen molar-refractivity contribution in [1.29, 1.82) is 0 Å². The highest BCUT2D eigenvalue weighted by atomic mass is 16.6. The summed E-state index contributed by atoms with van der Waals surface area (Å²) in [5.41, 5.74) is 5.33. The van der Waals surface area contributed by atoms with Crippen LogP contribution in [0.15, 0.2) is 17.1 Å². The number of H-pyrrole nitrogens is 1. The predicted octanol–water partition coefficient (Wildman–Crippen LogP) is -2.08. The molecule has 1 aliphatic rings. The lowest BCUT2D eigenvalue weighted by Gasteiger charge is -2.17. The molecule has 6 N–H and O–H groups in total. The van der Waals surface area contributed by atoms with Crippen molar-refractivity contribution in [1.82, 2.24) is 14.5 Å². The van der Waals surface area contributed by atoms with Gasteiger partial charge >= 0.3 is 0 Å². The molecule has 108 valence electrons. The van der Waals surface area contributed by atoms with Gasteiger partial charge in [-0.3, -0.25) is 9.78 Å². The van der Waals surface area contributed by atoms with E-state index in [-0.39, 0.29) is 17.0 Å². The SMILES string of the molecule is Nc1nc2c(ccn2C2O[C@H](CO)[C@@H](O)[C@H]2O)c(=O)[nH]1. The summed E-state index contributed by atoms with van der Waals surface area (Å²) in [5, 5.41) is 29.1. The van der Waals surface area contributed by atoms with E-state index in [9.17, 15) is 15.0 Å². The number of rotatable bonds is 2. The molecule has 3 heterocycles. The first-order valence-corrected chi connectivity index (χ1v) is 6.01. The molecule has 1 aliphatic heterocycles. The van der Waals surface area contributed by atoms with E-state index in [1.54, 1.807) is 0 Å². The van der Waals surface area contributed by atoms with Gasteiger partial charge in [0.25, 0.3) is 5.56 Å². The monoisotopic (exact) mass is 282 g/mol. The molecule has 0 spiro atoms. The lowest BCUT2D eigenvalue weighted by Crippen LogP contribution is -2.33. The number of aromatic amines is 1. The molecule has 20 heavy (non-hydrogen) atoms. The van der Waals surface area contributed by atoms with Crippen LogP contribution in [0.4, 0.5) is 5.95 Å². The number of nitrogens with one attached hydrogen (secondary N) is 1. The zero-order chi connectivity index (χ0) is 14.4. The van der Waals surface area contributed by atoms with E-state index in [0.717, 1.165) is 0 Å². The molecule has 0 bridgehead atoms. The molecule has 3 rings (SSSR count). The number of nitrogens with zero attached hydrogens (tertiary/aromatic N) is 2. The fourth-order valence-corrected chi connectivity index (χ4v) is 2.38. The minimum atomic E-state index is -1.25. The lowest BCUT2D eigenvalue weighted by atomic mass is 10.1. The second-order valence-electron chi connectivity index (χ2n) is 4.64. The zero-order valence-electron chi connectivity index (χ0n) is 10.3. The van der Waals surface area contributed by atoms with Gasteiger partial charge in [0.1, 0.15) is 18.3 Å². The molecular formula is C11H14N4O5. The number of aliphatic hydroxyl groups is 3. The Bertz CT molecular complexity index is 696. The van der Waals surface area contributed by atoms with E-state index in [2.05, 4.69) is 9.97 Å². The van der Waals surface area contributed by atoms with Crippen LogP contribution in [-0.2, 0) is 4.74 Å². The second-order valence-corrected chi connectivity index (χ2v) is 4.64. The van der Waals surface area contributed by atoms with Gasteiger partial charge in [0.15, 0.2) is 11.9 Å². The van der Waals surface area contributed by atoms with Gasteiger partial charge in [0, 0.05) is 6.20 Å². The summed E-state index contributed by atoms with van der Waals surface area (Å²) >= 11 is 0. The summed E-state index contributed by atoms with van der Waals surface area (Å²) in [4.78, 5) is 18.1. The second kappa shape index (κ2) is 4.56. The molecule has 0 aromatic carbocycles. The van der Waals surface area contributed by atoms with Crippen molar-refractivity contribution in [2.75, 3.05) is 12.3 Å². The first-order valence-electron chi connectivity index (χ1n) is 6.01. The summed E-state index contributed by atoms with van der Waals surface area (Å²) < 4.78 is 6.79. The fourth-order valence-electron chi connectivity index (χ4n) is 2.38. The Balaban J connectivity index is 2.09. The molecule has 1 unspecified atom stereocenters. The van der Waals surface area contributed by atoms with Gasteiger partial charge in [-0.15, -0.1) is 0 Å². The van der Waals surface area contributed by atoms with Crippen molar-refractivity contribution in [2.24, 2.45) is 0 Å². The average Bonchev–Trinajstić information content (AvgIpc) is 2.93. The van der Waals surface area contributed by atoms with Crippen LogP contribution in [0.2, 0.25) is 0 Å². The van der Waals surface area contributed by atoms with E-state index in [0.29, 0.717) is 0 Å². The molecule has 1 fully saturated rings. The summed E-state index contributed by atoms with van der Waals surface area (Å²) in [6.07, 6.45) is -2.81. The number of nitrogen functional groups attached to an aromatic ring is 1. The topological polar surface area (TPSA) is 147 Å². The van der Waals surface area contributed by atoms with E-state index >= 15 is 0 Å². The third-order valence-electron chi connectivity index (χ3n) is 3.39. The Labute approximate surface area is 112 Å². The molecule has 0 aliphatic carbocycles. The number of ether oxygens (including phenoxy) is 1. The quantitative estimate of drug-likeness (QED) is 0.424. The Morgan fingerprint density at radius 3 is 2.85 bits per heavy atom. The molecule has 0 radical (unpaired) electrons. The molecule has 0 amide bonds. The summed E-state index contributed by atoms with van der Waals surface area (Å²) in [7, 11) is 0. The first kappa shape index (κ1) is 13.1. The maximum absolute atomic E-state index is 11.7. The van der Waals surface area contributed by atoms with E-state index in [4.69, 9.17) is 15.6 Å².